The largest absolute Gasteiger partial charge is 0.114 e. The summed E-state index contributed by atoms with van der Waals surface area (Å²) in [7, 11) is 12.0. The third-order valence-electron chi connectivity index (χ3n) is 4.65. The van der Waals surface area contributed by atoms with E-state index in [1.54, 1.807) is 11.1 Å². The van der Waals surface area contributed by atoms with Gasteiger partial charge in [0.25, 0.3) is 0 Å². The molecule has 0 unspecified atom stereocenters. The first-order valence-electron chi connectivity index (χ1n) is 7.20. The average molecular weight is 233 g/mol. The van der Waals surface area contributed by atoms with Gasteiger partial charge in [0.2, 0.25) is 0 Å². The Bertz CT molecular complexity index is 457. The van der Waals surface area contributed by atoms with Gasteiger partial charge in [-0.25, -0.2) is 0 Å². The minimum absolute atomic E-state index is 0.232. The van der Waals surface area contributed by atoms with Gasteiger partial charge in [-0.2, -0.15) is 0 Å². The predicted octanol–water partition coefficient (Wildman–Crippen LogP) is -1.81. The van der Waals surface area contributed by atoms with Crippen LogP contribution < -0.4 is 0 Å². The second kappa shape index (κ2) is 4.02. The molecule has 0 bridgehead atoms. The molecular weight excluding hydrogens is 210 g/mol. The first-order valence-corrected chi connectivity index (χ1v) is 7.20. The minimum atomic E-state index is 0.232. The SMILES string of the molecule is BC(C)(C)c1cccc2c1C(B)(B)CCC2(B)B. The van der Waals surface area contributed by atoms with Gasteiger partial charge in [0.15, 0.2) is 0 Å². The molecular formula is C13H23B5. The topological polar surface area (TPSA) is 0 Å². The number of rotatable bonds is 1. The molecule has 1 aliphatic rings. The van der Waals surface area contributed by atoms with Crippen LogP contribution in [0.1, 0.15) is 43.4 Å². The third kappa shape index (κ3) is 2.21. The summed E-state index contributed by atoms with van der Waals surface area (Å²) >= 11 is 0. The quantitative estimate of drug-likeness (QED) is 0.502. The van der Waals surface area contributed by atoms with Gasteiger partial charge in [0.05, 0.1) is 0 Å². The van der Waals surface area contributed by atoms with Crippen LogP contribution in [-0.4, -0.2) is 39.2 Å². The zero-order valence-corrected chi connectivity index (χ0v) is 13.1. The maximum Gasteiger partial charge on any atom is 0.114 e. The molecule has 0 amide bonds. The molecule has 1 aromatic carbocycles. The average Bonchev–Trinajstić information content (AvgIpc) is 2.23. The molecule has 0 aromatic heterocycles. The molecule has 0 radical (unpaired) electrons. The molecule has 90 valence electrons. The van der Waals surface area contributed by atoms with E-state index >= 15 is 0 Å². The molecule has 0 fully saturated rings. The van der Waals surface area contributed by atoms with E-state index in [-0.39, 0.29) is 5.31 Å². The Morgan fingerprint density at radius 3 is 2.11 bits per heavy atom. The second-order valence-electron chi connectivity index (χ2n) is 8.25. The van der Waals surface area contributed by atoms with Crippen molar-refractivity contribution < 1.29 is 0 Å². The molecule has 0 nitrogen and oxygen atoms in total. The number of hydrogen-bond acceptors (Lipinski definition) is 0. The van der Waals surface area contributed by atoms with Crippen molar-refractivity contribution in [3.8, 4) is 0 Å². The molecule has 18 heavy (non-hydrogen) atoms. The monoisotopic (exact) mass is 234 g/mol. The highest BCUT2D eigenvalue weighted by atomic mass is 14.3. The van der Waals surface area contributed by atoms with Crippen LogP contribution >= 0.6 is 0 Å². The van der Waals surface area contributed by atoms with E-state index in [0.29, 0.717) is 10.4 Å². The molecule has 0 spiro atoms. The Hall–Kier alpha value is -0.455. The second-order valence-corrected chi connectivity index (χ2v) is 8.25. The fraction of sp³-hybridized carbons (Fsp3) is 0.538. The third-order valence-corrected chi connectivity index (χ3v) is 4.65. The molecule has 0 aliphatic heterocycles. The maximum absolute atomic E-state index is 2.41. The first kappa shape index (κ1) is 14.0. The lowest BCUT2D eigenvalue weighted by Crippen LogP contribution is -2.44. The zero-order chi connectivity index (χ0) is 13.8. The van der Waals surface area contributed by atoms with Crippen LogP contribution in [0.5, 0.6) is 0 Å². The van der Waals surface area contributed by atoms with E-state index in [2.05, 4.69) is 71.3 Å². The smallest absolute Gasteiger partial charge is 0.0632 e. The summed E-state index contributed by atoms with van der Waals surface area (Å²) in [5, 5.41) is 0.872. The lowest BCUT2D eigenvalue weighted by atomic mass is 9.36. The van der Waals surface area contributed by atoms with Crippen LogP contribution in [0.25, 0.3) is 0 Å². The van der Waals surface area contributed by atoms with Crippen molar-refractivity contribution in [1.82, 2.24) is 0 Å². The molecule has 5 heteroatoms. The van der Waals surface area contributed by atoms with Crippen LogP contribution in [0.3, 0.4) is 0 Å². The van der Waals surface area contributed by atoms with Gasteiger partial charge in [-0.05, 0) is 10.9 Å². The van der Waals surface area contributed by atoms with E-state index in [1.165, 1.54) is 18.4 Å². The Morgan fingerprint density at radius 1 is 1.00 bits per heavy atom. The van der Waals surface area contributed by atoms with Crippen LogP contribution in [0.15, 0.2) is 18.2 Å². The molecule has 0 atom stereocenters. The lowest BCUT2D eigenvalue weighted by Gasteiger charge is -2.45. The van der Waals surface area contributed by atoms with Gasteiger partial charge < -0.3 is 0 Å². The van der Waals surface area contributed by atoms with E-state index in [1.807, 2.05) is 0 Å². The molecule has 1 aromatic rings. The Kier molecular flexibility index (Phi) is 3.12. The van der Waals surface area contributed by atoms with Crippen LogP contribution in [0, 0.1) is 0 Å². The standard InChI is InChI=1S/C13H23B5/c1-11(2,14)8-4-3-5-9-10(8)13(17,18)7-6-12(9,15)16/h3-5H,6-7,14-18H2,1-2H3. The van der Waals surface area contributed by atoms with Gasteiger partial charge in [-0.1, -0.05) is 66.4 Å². The zero-order valence-electron chi connectivity index (χ0n) is 13.1. The Balaban J connectivity index is 2.76. The fourth-order valence-corrected chi connectivity index (χ4v) is 3.36. The highest BCUT2D eigenvalue weighted by molar-refractivity contribution is 6.44. The Labute approximate surface area is 117 Å². The van der Waals surface area contributed by atoms with Crippen LogP contribution in [0.2, 0.25) is 0 Å². The highest BCUT2D eigenvalue weighted by Crippen LogP contribution is 2.44. The minimum Gasteiger partial charge on any atom is -0.0632 e. The van der Waals surface area contributed by atoms with E-state index < -0.39 is 0 Å². The summed E-state index contributed by atoms with van der Waals surface area (Å²) < 4.78 is 0. The fourth-order valence-electron chi connectivity index (χ4n) is 3.36. The summed E-state index contributed by atoms with van der Waals surface area (Å²) in [6.45, 7) is 4.67. The highest BCUT2D eigenvalue weighted by Gasteiger charge is 2.39. The summed E-state index contributed by atoms with van der Waals surface area (Å²) in [6, 6.07) is 6.94. The molecule has 0 saturated heterocycles. The normalized spacial score (nSPS) is 21.2. The van der Waals surface area contributed by atoms with Gasteiger partial charge in [-0.15, -0.1) is 0 Å². The molecule has 0 saturated carbocycles. The van der Waals surface area contributed by atoms with Gasteiger partial charge in [0.1, 0.15) is 39.2 Å². The summed E-state index contributed by atoms with van der Waals surface area (Å²) in [5.41, 5.74) is 4.73. The van der Waals surface area contributed by atoms with Gasteiger partial charge in [-0.3, -0.25) is 0 Å². The van der Waals surface area contributed by atoms with Crippen molar-refractivity contribution in [3.63, 3.8) is 0 Å². The predicted molar refractivity (Wildman–Crippen MR) is 94.8 cm³/mol. The lowest BCUT2D eigenvalue weighted by molar-refractivity contribution is 0.561. The van der Waals surface area contributed by atoms with Crippen molar-refractivity contribution in [1.29, 1.82) is 0 Å². The maximum atomic E-state index is 2.41. The number of benzene rings is 1. The van der Waals surface area contributed by atoms with Crippen molar-refractivity contribution in [2.75, 3.05) is 0 Å². The number of fused-ring (bicyclic) bond motifs is 1. The van der Waals surface area contributed by atoms with E-state index in [0.717, 1.165) is 0 Å². The van der Waals surface area contributed by atoms with Crippen molar-refractivity contribution in [2.45, 2.75) is 42.4 Å². The van der Waals surface area contributed by atoms with E-state index in [9.17, 15) is 0 Å². The summed E-state index contributed by atoms with van der Waals surface area (Å²) in [4.78, 5) is 0. The molecule has 1 aliphatic carbocycles. The van der Waals surface area contributed by atoms with Crippen LogP contribution in [-0.2, 0) is 15.7 Å². The van der Waals surface area contributed by atoms with Gasteiger partial charge in [0, 0.05) is 0 Å². The summed E-state index contributed by atoms with van der Waals surface area (Å²) in [6.07, 6.45) is 2.58. The van der Waals surface area contributed by atoms with E-state index in [4.69, 9.17) is 0 Å². The molecule has 0 heterocycles. The van der Waals surface area contributed by atoms with Crippen LogP contribution in [0.4, 0.5) is 0 Å². The molecule has 2 rings (SSSR count). The van der Waals surface area contributed by atoms with Crippen molar-refractivity contribution >= 4 is 39.2 Å². The number of hydrogen-bond donors (Lipinski definition) is 0. The Morgan fingerprint density at radius 2 is 1.56 bits per heavy atom. The summed E-state index contributed by atoms with van der Waals surface area (Å²) in [5.74, 6) is 0. The molecule has 0 N–H and O–H groups in total. The van der Waals surface area contributed by atoms with Crippen molar-refractivity contribution in [3.05, 3.63) is 34.9 Å². The van der Waals surface area contributed by atoms with Crippen molar-refractivity contribution in [2.24, 2.45) is 0 Å². The van der Waals surface area contributed by atoms with Gasteiger partial charge >= 0.3 is 0 Å². The first-order chi connectivity index (χ1) is 8.06.